The van der Waals surface area contributed by atoms with Gasteiger partial charge >= 0.3 is 6.18 Å². The lowest BCUT2D eigenvalue weighted by Gasteiger charge is -2.31. The van der Waals surface area contributed by atoms with Crippen molar-refractivity contribution < 1.29 is 18.0 Å². The molecule has 2 rings (SSSR count). The zero-order valence-electron chi connectivity index (χ0n) is 9.65. The first-order valence-electron chi connectivity index (χ1n) is 5.75. The van der Waals surface area contributed by atoms with Crippen LogP contribution in [0.25, 0.3) is 0 Å². The molecule has 1 aliphatic heterocycles. The molecular weight excluding hydrogens is 245 g/mol. The molecule has 1 unspecified atom stereocenters. The van der Waals surface area contributed by atoms with Gasteiger partial charge in [0.2, 0.25) is 0 Å². The maximum atomic E-state index is 12.5. The number of alkyl halides is 3. The van der Waals surface area contributed by atoms with Crippen LogP contribution in [0, 0.1) is 5.92 Å². The summed E-state index contributed by atoms with van der Waals surface area (Å²) in [6, 6.07) is 3.84. The molecule has 2 heterocycles. The Hall–Kier alpha value is -1.59. The van der Waals surface area contributed by atoms with Gasteiger partial charge in [-0.1, -0.05) is 6.07 Å². The number of carbonyl (C=O) groups is 1. The first-order valence-corrected chi connectivity index (χ1v) is 5.75. The van der Waals surface area contributed by atoms with E-state index >= 15 is 0 Å². The van der Waals surface area contributed by atoms with Gasteiger partial charge in [0, 0.05) is 19.0 Å². The van der Waals surface area contributed by atoms with Gasteiger partial charge in [-0.15, -0.1) is 0 Å². The minimum Gasteiger partial charge on any atom is -0.356 e. The van der Waals surface area contributed by atoms with Gasteiger partial charge in [-0.3, -0.25) is 0 Å². The lowest BCUT2D eigenvalue weighted by atomic mass is 10.00. The van der Waals surface area contributed by atoms with Gasteiger partial charge in [-0.05, 0) is 25.0 Å². The second-order valence-corrected chi connectivity index (χ2v) is 4.36. The van der Waals surface area contributed by atoms with Crippen LogP contribution in [-0.4, -0.2) is 24.4 Å². The second kappa shape index (κ2) is 4.96. The molecular formula is C12H13F3N2O. The standard InChI is InChI=1S/C12H13F3N2O/c13-12(14,15)10-4-1-5-11(16-10)17-6-2-3-9(7-17)8-18/h1,4-5,8-9H,2-3,6-7H2. The lowest BCUT2D eigenvalue weighted by molar-refractivity contribution is -0.141. The number of anilines is 1. The van der Waals surface area contributed by atoms with Crippen LogP contribution in [0.2, 0.25) is 0 Å². The average molecular weight is 258 g/mol. The number of carbonyl (C=O) groups excluding carboxylic acids is 1. The number of hydrogen-bond acceptors (Lipinski definition) is 3. The minimum absolute atomic E-state index is 0.116. The number of pyridine rings is 1. The molecule has 0 radical (unpaired) electrons. The number of nitrogens with zero attached hydrogens (tertiary/aromatic N) is 2. The molecule has 3 nitrogen and oxygen atoms in total. The third kappa shape index (κ3) is 2.80. The molecule has 1 aliphatic rings. The molecule has 18 heavy (non-hydrogen) atoms. The summed E-state index contributed by atoms with van der Waals surface area (Å²) in [6.45, 7) is 1.08. The lowest BCUT2D eigenvalue weighted by Crippen LogP contribution is -2.36. The van der Waals surface area contributed by atoms with Crippen molar-refractivity contribution in [1.82, 2.24) is 4.98 Å². The van der Waals surface area contributed by atoms with E-state index in [9.17, 15) is 18.0 Å². The minimum atomic E-state index is -4.43. The SMILES string of the molecule is O=CC1CCCN(c2cccc(C(F)(F)F)n2)C1. The van der Waals surface area contributed by atoms with Crippen molar-refractivity contribution in [3.63, 3.8) is 0 Å². The van der Waals surface area contributed by atoms with Crippen molar-refractivity contribution in [2.75, 3.05) is 18.0 Å². The Labute approximate surface area is 103 Å². The van der Waals surface area contributed by atoms with Crippen LogP contribution in [-0.2, 0) is 11.0 Å². The third-order valence-electron chi connectivity index (χ3n) is 3.00. The van der Waals surface area contributed by atoms with Crippen LogP contribution >= 0.6 is 0 Å². The summed E-state index contributed by atoms with van der Waals surface area (Å²) in [5.41, 5.74) is -0.895. The Morgan fingerprint density at radius 3 is 2.83 bits per heavy atom. The molecule has 0 aromatic carbocycles. The van der Waals surface area contributed by atoms with Gasteiger partial charge in [0.05, 0.1) is 0 Å². The summed E-state index contributed by atoms with van der Waals surface area (Å²) in [6.07, 6.45) is -1.99. The summed E-state index contributed by atoms with van der Waals surface area (Å²) in [4.78, 5) is 16.1. The highest BCUT2D eigenvalue weighted by Gasteiger charge is 2.33. The molecule has 0 saturated carbocycles. The molecule has 1 saturated heterocycles. The average Bonchev–Trinajstić information content (AvgIpc) is 2.38. The summed E-state index contributed by atoms with van der Waals surface area (Å²) in [5.74, 6) is 0.173. The van der Waals surface area contributed by atoms with E-state index in [4.69, 9.17) is 0 Å². The maximum absolute atomic E-state index is 12.5. The maximum Gasteiger partial charge on any atom is 0.433 e. The summed E-state index contributed by atoms with van der Waals surface area (Å²) in [5, 5.41) is 0. The van der Waals surface area contributed by atoms with E-state index in [0.717, 1.165) is 25.2 Å². The van der Waals surface area contributed by atoms with Crippen LogP contribution in [0.5, 0.6) is 0 Å². The smallest absolute Gasteiger partial charge is 0.356 e. The van der Waals surface area contributed by atoms with E-state index in [0.29, 0.717) is 13.1 Å². The molecule has 1 aromatic heterocycles. The van der Waals surface area contributed by atoms with E-state index < -0.39 is 11.9 Å². The van der Waals surface area contributed by atoms with Crippen LogP contribution in [0.1, 0.15) is 18.5 Å². The van der Waals surface area contributed by atoms with E-state index in [1.165, 1.54) is 6.07 Å². The monoisotopic (exact) mass is 258 g/mol. The van der Waals surface area contributed by atoms with Crippen LogP contribution in [0.4, 0.5) is 19.0 Å². The fourth-order valence-electron chi connectivity index (χ4n) is 2.09. The van der Waals surface area contributed by atoms with E-state index in [2.05, 4.69) is 4.98 Å². The van der Waals surface area contributed by atoms with Crippen molar-refractivity contribution in [2.24, 2.45) is 5.92 Å². The molecule has 0 N–H and O–H groups in total. The van der Waals surface area contributed by atoms with Gasteiger partial charge in [0.1, 0.15) is 17.8 Å². The molecule has 0 amide bonds. The zero-order chi connectivity index (χ0) is 13.2. The Kier molecular flexibility index (Phi) is 3.54. The second-order valence-electron chi connectivity index (χ2n) is 4.36. The molecule has 0 bridgehead atoms. The van der Waals surface area contributed by atoms with Crippen molar-refractivity contribution in [3.8, 4) is 0 Å². The molecule has 98 valence electrons. The predicted molar refractivity (Wildman–Crippen MR) is 60.2 cm³/mol. The van der Waals surface area contributed by atoms with Gasteiger partial charge in [-0.2, -0.15) is 13.2 Å². The molecule has 1 fully saturated rings. The summed E-state index contributed by atoms with van der Waals surface area (Å²) < 4.78 is 37.6. The van der Waals surface area contributed by atoms with E-state index in [-0.39, 0.29) is 11.7 Å². The van der Waals surface area contributed by atoms with Gasteiger partial charge in [0.15, 0.2) is 0 Å². The Morgan fingerprint density at radius 1 is 1.39 bits per heavy atom. The number of piperidine rings is 1. The fourth-order valence-corrected chi connectivity index (χ4v) is 2.09. The topological polar surface area (TPSA) is 33.2 Å². The molecule has 6 heteroatoms. The van der Waals surface area contributed by atoms with Crippen LogP contribution in [0.3, 0.4) is 0 Å². The van der Waals surface area contributed by atoms with Gasteiger partial charge < -0.3 is 9.69 Å². The molecule has 0 aliphatic carbocycles. The number of rotatable bonds is 2. The van der Waals surface area contributed by atoms with Crippen molar-refractivity contribution >= 4 is 12.1 Å². The van der Waals surface area contributed by atoms with Gasteiger partial charge in [-0.25, -0.2) is 4.98 Å². The third-order valence-corrected chi connectivity index (χ3v) is 3.00. The van der Waals surface area contributed by atoms with Crippen LogP contribution in [0.15, 0.2) is 18.2 Å². The summed E-state index contributed by atoms with van der Waals surface area (Å²) in [7, 11) is 0. The first kappa shape index (κ1) is 12.9. The number of halogens is 3. The molecule has 1 aromatic rings. The van der Waals surface area contributed by atoms with E-state index in [1.807, 2.05) is 0 Å². The molecule has 0 spiro atoms. The van der Waals surface area contributed by atoms with Crippen molar-refractivity contribution in [2.45, 2.75) is 19.0 Å². The largest absolute Gasteiger partial charge is 0.433 e. The Balaban J connectivity index is 2.20. The Bertz CT molecular complexity index is 434. The predicted octanol–water partition coefficient (Wildman–Crippen LogP) is 2.52. The van der Waals surface area contributed by atoms with Crippen LogP contribution < -0.4 is 4.90 Å². The van der Waals surface area contributed by atoms with Crippen molar-refractivity contribution in [3.05, 3.63) is 23.9 Å². The number of aromatic nitrogens is 1. The normalized spacial score (nSPS) is 20.8. The first-order chi connectivity index (χ1) is 8.50. The quantitative estimate of drug-likeness (QED) is 0.764. The van der Waals surface area contributed by atoms with E-state index in [1.54, 1.807) is 11.0 Å². The zero-order valence-corrected chi connectivity index (χ0v) is 9.65. The highest BCUT2D eigenvalue weighted by molar-refractivity contribution is 5.56. The van der Waals surface area contributed by atoms with Gasteiger partial charge in [0.25, 0.3) is 0 Å². The highest BCUT2D eigenvalue weighted by Crippen LogP contribution is 2.29. The summed E-state index contributed by atoms with van der Waals surface area (Å²) >= 11 is 0. The molecule has 1 atom stereocenters. The van der Waals surface area contributed by atoms with Crippen molar-refractivity contribution in [1.29, 1.82) is 0 Å². The highest BCUT2D eigenvalue weighted by atomic mass is 19.4. The number of hydrogen-bond donors (Lipinski definition) is 0. The fraction of sp³-hybridized carbons (Fsp3) is 0.500. The number of aldehydes is 1. The Morgan fingerprint density at radius 2 is 2.17 bits per heavy atom.